The number of anilines is 2. The van der Waals surface area contributed by atoms with Crippen molar-refractivity contribution in [3.8, 4) is 0 Å². The number of aryl methyl sites for hydroxylation is 1. The predicted molar refractivity (Wildman–Crippen MR) is 64.1 cm³/mol. The average molecular weight is 233 g/mol. The summed E-state index contributed by atoms with van der Waals surface area (Å²) in [6.07, 6.45) is 0. The molecule has 0 bridgehead atoms. The Balaban J connectivity index is 2.09. The Kier molecular flexibility index (Phi) is 2.29. The molecule has 17 heavy (non-hydrogen) atoms. The third-order valence-corrected chi connectivity index (χ3v) is 3.49. The van der Waals surface area contributed by atoms with E-state index in [1.54, 1.807) is 0 Å². The highest BCUT2D eigenvalue weighted by Gasteiger charge is 2.40. The summed E-state index contributed by atoms with van der Waals surface area (Å²) in [5.74, 6) is 0.759. The molecule has 0 saturated carbocycles. The normalized spacial score (nSPS) is 27.2. The van der Waals surface area contributed by atoms with E-state index in [1.807, 2.05) is 26.1 Å². The maximum Gasteiger partial charge on any atom is 0.232 e. The number of amides is 1. The minimum atomic E-state index is -0.102. The molecule has 5 heteroatoms. The van der Waals surface area contributed by atoms with E-state index in [0.29, 0.717) is 13.2 Å². The first kappa shape index (κ1) is 10.5. The van der Waals surface area contributed by atoms with Gasteiger partial charge in [0, 0.05) is 12.7 Å². The van der Waals surface area contributed by atoms with E-state index >= 15 is 0 Å². The third kappa shape index (κ3) is 1.58. The van der Waals surface area contributed by atoms with Crippen molar-refractivity contribution in [2.24, 2.45) is 5.92 Å². The lowest BCUT2D eigenvalue weighted by atomic mass is 10.0. The largest absolute Gasteiger partial charge is 0.378 e. The van der Waals surface area contributed by atoms with E-state index in [0.717, 1.165) is 17.2 Å². The number of aromatic nitrogens is 1. The van der Waals surface area contributed by atoms with Gasteiger partial charge in [-0.3, -0.25) is 4.79 Å². The fraction of sp³-hybridized carbons (Fsp3) is 0.500. The molecule has 1 N–H and O–H groups in total. The van der Waals surface area contributed by atoms with Crippen LogP contribution >= 0.6 is 0 Å². The van der Waals surface area contributed by atoms with Crippen LogP contribution in [0.1, 0.15) is 5.69 Å². The van der Waals surface area contributed by atoms with Gasteiger partial charge in [0.05, 0.1) is 30.9 Å². The van der Waals surface area contributed by atoms with Crippen LogP contribution in [0.2, 0.25) is 0 Å². The van der Waals surface area contributed by atoms with Crippen LogP contribution in [0.15, 0.2) is 12.1 Å². The molecule has 2 aliphatic rings. The van der Waals surface area contributed by atoms with Crippen LogP contribution in [-0.2, 0) is 9.53 Å². The molecular weight excluding hydrogens is 218 g/mol. The Bertz CT molecular complexity index is 475. The summed E-state index contributed by atoms with van der Waals surface area (Å²) in [7, 11) is 1.97. The molecule has 0 aromatic carbocycles. The van der Waals surface area contributed by atoms with E-state index in [-0.39, 0.29) is 17.9 Å². The smallest absolute Gasteiger partial charge is 0.232 e. The predicted octanol–water partition coefficient (Wildman–Crippen LogP) is 0.793. The van der Waals surface area contributed by atoms with Crippen molar-refractivity contribution in [2.75, 3.05) is 30.5 Å². The van der Waals surface area contributed by atoms with Crippen molar-refractivity contribution in [2.45, 2.75) is 13.0 Å². The minimum Gasteiger partial charge on any atom is -0.378 e. The molecule has 1 saturated heterocycles. The fourth-order valence-corrected chi connectivity index (χ4v) is 2.47. The zero-order valence-electron chi connectivity index (χ0n) is 9.93. The number of pyridine rings is 1. The molecule has 1 aromatic rings. The van der Waals surface area contributed by atoms with Crippen LogP contribution in [0.4, 0.5) is 11.5 Å². The molecule has 3 heterocycles. The van der Waals surface area contributed by atoms with E-state index in [1.165, 1.54) is 0 Å². The second-order valence-electron chi connectivity index (χ2n) is 4.64. The van der Waals surface area contributed by atoms with Crippen molar-refractivity contribution >= 4 is 17.4 Å². The quantitative estimate of drug-likeness (QED) is 0.720. The Morgan fingerprint density at radius 1 is 1.47 bits per heavy atom. The number of ether oxygens (including phenoxy) is 1. The molecule has 3 rings (SSSR count). The van der Waals surface area contributed by atoms with Crippen LogP contribution < -0.4 is 10.2 Å². The molecule has 0 radical (unpaired) electrons. The molecule has 2 aliphatic heterocycles. The van der Waals surface area contributed by atoms with Crippen LogP contribution in [0, 0.1) is 12.8 Å². The molecule has 0 spiro atoms. The van der Waals surface area contributed by atoms with Crippen LogP contribution in [0.25, 0.3) is 0 Å². The molecule has 5 nitrogen and oxygen atoms in total. The number of nitrogens with one attached hydrogen (secondary N) is 1. The molecule has 1 aromatic heterocycles. The summed E-state index contributed by atoms with van der Waals surface area (Å²) >= 11 is 0. The average Bonchev–Trinajstić information content (AvgIpc) is 2.76. The number of likely N-dealkylation sites (N-methyl/N-ethyl adjacent to an activating group) is 1. The van der Waals surface area contributed by atoms with Gasteiger partial charge in [-0.25, -0.2) is 4.98 Å². The standard InChI is InChI=1S/C12H15N3O2/c1-7-3-4-9-11(13-7)15(2)10-6-17-5-8(10)12(16)14-9/h3-4,8,10H,5-6H2,1-2H3,(H,14,16). The number of carbonyl (C=O) groups excluding carboxylic acids is 1. The molecule has 2 unspecified atom stereocenters. The number of nitrogens with zero attached hydrogens (tertiary/aromatic N) is 2. The van der Waals surface area contributed by atoms with Crippen molar-refractivity contribution in [3.05, 3.63) is 17.8 Å². The van der Waals surface area contributed by atoms with E-state index in [2.05, 4.69) is 15.2 Å². The summed E-state index contributed by atoms with van der Waals surface area (Å²) in [5, 5.41) is 2.93. The molecule has 0 aliphatic carbocycles. The summed E-state index contributed by atoms with van der Waals surface area (Å²) < 4.78 is 5.40. The first-order valence-electron chi connectivity index (χ1n) is 5.76. The fourth-order valence-electron chi connectivity index (χ4n) is 2.47. The van der Waals surface area contributed by atoms with Gasteiger partial charge in [-0.1, -0.05) is 0 Å². The van der Waals surface area contributed by atoms with E-state index < -0.39 is 0 Å². The van der Waals surface area contributed by atoms with Crippen LogP contribution in [0.3, 0.4) is 0 Å². The van der Waals surface area contributed by atoms with Crippen molar-refractivity contribution in [1.29, 1.82) is 0 Å². The van der Waals surface area contributed by atoms with Gasteiger partial charge in [0.1, 0.15) is 0 Å². The molecule has 1 fully saturated rings. The highest BCUT2D eigenvalue weighted by atomic mass is 16.5. The summed E-state index contributed by atoms with van der Waals surface area (Å²) in [4.78, 5) is 18.6. The lowest BCUT2D eigenvalue weighted by Crippen LogP contribution is -2.40. The number of rotatable bonds is 0. The minimum absolute atomic E-state index is 0.0313. The van der Waals surface area contributed by atoms with Crippen molar-refractivity contribution < 1.29 is 9.53 Å². The van der Waals surface area contributed by atoms with Gasteiger partial charge in [-0.15, -0.1) is 0 Å². The van der Waals surface area contributed by atoms with E-state index in [4.69, 9.17) is 4.74 Å². The monoisotopic (exact) mass is 233 g/mol. The van der Waals surface area contributed by atoms with Crippen LogP contribution in [-0.4, -0.2) is 37.2 Å². The molecular formula is C12H15N3O2. The number of carbonyl (C=O) groups is 1. The Morgan fingerprint density at radius 3 is 3.12 bits per heavy atom. The lowest BCUT2D eigenvalue weighted by molar-refractivity contribution is -0.120. The Hall–Kier alpha value is -1.62. The Labute approximate surface area is 99.8 Å². The van der Waals surface area contributed by atoms with Gasteiger partial charge in [0.25, 0.3) is 0 Å². The topological polar surface area (TPSA) is 54.5 Å². The molecule has 1 amide bonds. The maximum atomic E-state index is 12.0. The maximum absolute atomic E-state index is 12.0. The van der Waals surface area contributed by atoms with Gasteiger partial charge < -0.3 is 15.0 Å². The van der Waals surface area contributed by atoms with Crippen molar-refractivity contribution in [3.63, 3.8) is 0 Å². The first-order valence-corrected chi connectivity index (χ1v) is 5.76. The summed E-state index contributed by atoms with van der Waals surface area (Å²) in [5.41, 5.74) is 1.74. The number of hydrogen-bond donors (Lipinski definition) is 1. The zero-order chi connectivity index (χ0) is 12.0. The zero-order valence-corrected chi connectivity index (χ0v) is 9.93. The van der Waals surface area contributed by atoms with Gasteiger partial charge in [0.15, 0.2) is 5.82 Å². The number of fused-ring (bicyclic) bond motifs is 2. The first-order chi connectivity index (χ1) is 8.16. The lowest BCUT2D eigenvalue weighted by Gasteiger charge is -2.25. The second kappa shape index (κ2) is 3.70. The van der Waals surface area contributed by atoms with Gasteiger partial charge >= 0.3 is 0 Å². The highest BCUT2D eigenvalue weighted by molar-refractivity contribution is 5.97. The third-order valence-electron chi connectivity index (χ3n) is 3.49. The molecule has 90 valence electrons. The number of hydrogen-bond acceptors (Lipinski definition) is 4. The highest BCUT2D eigenvalue weighted by Crippen LogP contribution is 2.33. The summed E-state index contributed by atoms with van der Waals surface area (Å²) in [6, 6.07) is 3.91. The molecule has 2 atom stereocenters. The second-order valence-corrected chi connectivity index (χ2v) is 4.64. The van der Waals surface area contributed by atoms with Crippen LogP contribution in [0.5, 0.6) is 0 Å². The van der Waals surface area contributed by atoms with E-state index in [9.17, 15) is 4.79 Å². The van der Waals surface area contributed by atoms with Crippen molar-refractivity contribution in [1.82, 2.24) is 4.98 Å². The Morgan fingerprint density at radius 2 is 2.29 bits per heavy atom. The van der Waals surface area contributed by atoms with Gasteiger partial charge in [-0.2, -0.15) is 0 Å². The SMILES string of the molecule is Cc1ccc2c(n1)N(C)C1COCC1C(=O)N2. The van der Waals surface area contributed by atoms with Gasteiger partial charge in [-0.05, 0) is 19.1 Å². The van der Waals surface area contributed by atoms with Gasteiger partial charge in [0.2, 0.25) is 5.91 Å². The summed E-state index contributed by atoms with van der Waals surface area (Å²) in [6.45, 7) is 3.03.